The number of ketones is 1. The molecular weight excluding hydrogens is 422 g/mol. The summed E-state index contributed by atoms with van der Waals surface area (Å²) in [4.78, 5) is 33.5. The zero-order valence-corrected chi connectivity index (χ0v) is 18.9. The molecule has 0 radical (unpaired) electrons. The number of para-hydroxylation sites is 1. The first-order valence-corrected chi connectivity index (χ1v) is 11.0. The van der Waals surface area contributed by atoms with E-state index >= 15 is 0 Å². The number of hydrogen-bond acceptors (Lipinski definition) is 7. The molecule has 0 aliphatic carbocycles. The fourth-order valence-electron chi connectivity index (χ4n) is 3.37. The molecule has 6 nitrogen and oxygen atoms in total. The molecule has 162 valence electrons. The minimum absolute atomic E-state index is 0.0900. The Kier molecular flexibility index (Phi) is 6.01. The van der Waals surface area contributed by atoms with Crippen molar-refractivity contribution in [1.29, 1.82) is 0 Å². The summed E-state index contributed by atoms with van der Waals surface area (Å²) in [6.07, 6.45) is 1.87. The van der Waals surface area contributed by atoms with E-state index in [-0.39, 0.29) is 12.2 Å². The molecule has 1 N–H and O–H groups in total. The van der Waals surface area contributed by atoms with Crippen molar-refractivity contribution in [3.63, 3.8) is 0 Å². The quantitative estimate of drug-likeness (QED) is 0.283. The molecule has 0 atom stereocenters. The minimum Gasteiger partial charge on any atom is -0.469 e. The number of anilines is 2. The molecule has 0 aliphatic rings. The van der Waals surface area contributed by atoms with E-state index in [1.165, 1.54) is 7.11 Å². The molecule has 0 spiro atoms. The first-order chi connectivity index (χ1) is 15.4. The molecule has 32 heavy (non-hydrogen) atoms. The first kappa shape index (κ1) is 21.6. The lowest BCUT2D eigenvalue weighted by Gasteiger charge is -2.20. The van der Waals surface area contributed by atoms with Gasteiger partial charge in [0.05, 0.1) is 22.7 Å². The van der Waals surface area contributed by atoms with Crippen LogP contribution in [0.3, 0.4) is 0 Å². The van der Waals surface area contributed by atoms with Gasteiger partial charge in [-0.1, -0.05) is 47.7 Å². The number of carbonyl (C=O) groups is 2. The number of Topliss-reactive ketones (excluding diaryl/α,β-unsaturated/α-hetero) is 1. The zero-order chi connectivity index (χ0) is 22.7. The molecule has 0 saturated carbocycles. The average Bonchev–Trinajstić information content (AvgIpc) is 3.21. The van der Waals surface area contributed by atoms with Crippen molar-refractivity contribution in [1.82, 2.24) is 9.97 Å². The lowest BCUT2D eigenvalue weighted by Crippen LogP contribution is -2.28. The SMILES string of the molecule is COC(=O)C(C)(C)CC(=O)c1ccc(-c2ccc(Nc3nc4ccccc4s3)nc2)cc1. The number of nitrogens with one attached hydrogen (secondary N) is 1. The molecule has 0 saturated heterocycles. The van der Waals surface area contributed by atoms with Gasteiger partial charge in [-0.3, -0.25) is 9.59 Å². The van der Waals surface area contributed by atoms with Gasteiger partial charge in [0.15, 0.2) is 10.9 Å². The second kappa shape index (κ2) is 8.88. The molecule has 0 aliphatic heterocycles. The van der Waals surface area contributed by atoms with Gasteiger partial charge in [0, 0.05) is 23.7 Å². The van der Waals surface area contributed by atoms with Crippen LogP contribution in [0.2, 0.25) is 0 Å². The molecule has 0 bridgehead atoms. The van der Waals surface area contributed by atoms with Gasteiger partial charge in [0.1, 0.15) is 5.82 Å². The lowest BCUT2D eigenvalue weighted by molar-refractivity contribution is -0.150. The number of hydrogen-bond donors (Lipinski definition) is 1. The summed E-state index contributed by atoms with van der Waals surface area (Å²) in [6.45, 7) is 3.42. The Labute approximate surface area is 190 Å². The van der Waals surface area contributed by atoms with Gasteiger partial charge in [0.25, 0.3) is 0 Å². The van der Waals surface area contributed by atoms with E-state index in [0.29, 0.717) is 11.4 Å². The van der Waals surface area contributed by atoms with Crippen molar-refractivity contribution in [2.24, 2.45) is 5.41 Å². The van der Waals surface area contributed by atoms with Crippen molar-refractivity contribution in [2.75, 3.05) is 12.4 Å². The number of pyridine rings is 1. The van der Waals surface area contributed by atoms with Gasteiger partial charge in [0.2, 0.25) is 0 Å². The largest absolute Gasteiger partial charge is 0.469 e. The smallest absolute Gasteiger partial charge is 0.311 e. The molecule has 7 heteroatoms. The maximum absolute atomic E-state index is 12.6. The number of nitrogens with zero attached hydrogens (tertiary/aromatic N) is 2. The normalized spacial score (nSPS) is 11.3. The first-order valence-electron chi connectivity index (χ1n) is 10.2. The number of carbonyl (C=O) groups excluding carboxylic acids is 2. The number of methoxy groups -OCH3 is 1. The highest BCUT2D eigenvalue weighted by Gasteiger charge is 2.31. The lowest BCUT2D eigenvalue weighted by atomic mass is 9.85. The zero-order valence-electron chi connectivity index (χ0n) is 18.1. The van der Waals surface area contributed by atoms with E-state index < -0.39 is 11.4 Å². The van der Waals surface area contributed by atoms with E-state index in [1.807, 2.05) is 48.5 Å². The minimum atomic E-state index is -0.861. The highest BCUT2D eigenvalue weighted by molar-refractivity contribution is 7.22. The van der Waals surface area contributed by atoms with E-state index in [9.17, 15) is 9.59 Å². The van der Waals surface area contributed by atoms with Crippen molar-refractivity contribution in [3.8, 4) is 11.1 Å². The Balaban J connectivity index is 1.44. The maximum Gasteiger partial charge on any atom is 0.311 e. The van der Waals surface area contributed by atoms with Crippen molar-refractivity contribution in [2.45, 2.75) is 20.3 Å². The summed E-state index contributed by atoms with van der Waals surface area (Å²) in [5, 5.41) is 4.04. The Morgan fingerprint density at radius 3 is 2.38 bits per heavy atom. The van der Waals surface area contributed by atoms with Crippen LogP contribution in [0.5, 0.6) is 0 Å². The Bertz CT molecular complexity index is 1230. The second-order valence-electron chi connectivity index (χ2n) is 8.10. The maximum atomic E-state index is 12.6. The van der Waals surface area contributed by atoms with Crippen LogP contribution < -0.4 is 5.32 Å². The molecule has 0 unspecified atom stereocenters. The summed E-state index contributed by atoms with van der Waals surface area (Å²) in [5.41, 5.74) is 2.55. The second-order valence-corrected chi connectivity index (χ2v) is 9.13. The summed E-state index contributed by atoms with van der Waals surface area (Å²) in [7, 11) is 1.33. The van der Waals surface area contributed by atoms with E-state index in [1.54, 1.807) is 43.5 Å². The van der Waals surface area contributed by atoms with E-state index in [4.69, 9.17) is 4.74 Å². The summed E-state index contributed by atoms with van der Waals surface area (Å²) >= 11 is 1.58. The highest BCUT2D eigenvalue weighted by atomic mass is 32.1. The van der Waals surface area contributed by atoms with Gasteiger partial charge >= 0.3 is 5.97 Å². The molecule has 0 amide bonds. The predicted octanol–water partition coefficient (Wildman–Crippen LogP) is 5.87. The molecule has 2 aromatic carbocycles. The molecule has 0 fully saturated rings. The van der Waals surface area contributed by atoms with Crippen LogP contribution in [0.25, 0.3) is 21.3 Å². The van der Waals surface area contributed by atoms with Gasteiger partial charge < -0.3 is 10.1 Å². The number of rotatable bonds is 7. The summed E-state index contributed by atoms with van der Waals surface area (Å²) in [5.74, 6) is 0.221. The topological polar surface area (TPSA) is 81.2 Å². The Hall–Kier alpha value is -3.58. The number of ether oxygens (including phenoxy) is 1. The highest BCUT2D eigenvalue weighted by Crippen LogP contribution is 2.29. The standard InChI is InChI=1S/C25H23N3O3S/c1-25(2,23(30)31-3)14-20(29)17-10-8-16(9-11-17)18-12-13-22(26-15-18)28-24-27-19-6-4-5-7-21(19)32-24/h4-13,15H,14H2,1-3H3,(H,26,27,28). The van der Waals surface area contributed by atoms with Gasteiger partial charge in [-0.2, -0.15) is 0 Å². The summed E-state index contributed by atoms with van der Waals surface area (Å²) in [6, 6.07) is 19.2. The van der Waals surface area contributed by atoms with Crippen molar-refractivity contribution >= 4 is 44.3 Å². The monoisotopic (exact) mass is 445 g/mol. The Morgan fingerprint density at radius 2 is 1.72 bits per heavy atom. The predicted molar refractivity (Wildman–Crippen MR) is 127 cm³/mol. The van der Waals surface area contributed by atoms with Crippen LogP contribution in [-0.4, -0.2) is 28.8 Å². The van der Waals surface area contributed by atoms with Crippen LogP contribution in [-0.2, 0) is 9.53 Å². The fraction of sp³-hybridized carbons (Fsp3) is 0.200. The average molecular weight is 446 g/mol. The fourth-order valence-corrected chi connectivity index (χ4v) is 4.25. The third-order valence-corrected chi connectivity index (χ3v) is 6.12. The van der Waals surface area contributed by atoms with Crippen LogP contribution in [0.1, 0.15) is 30.6 Å². The Morgan fingerprint density at radius 1 is 1.00 bits per heavy atom. The van der Waals surface area contributed by atoms with Crippen LogP contribution in [0, 0.1) is 5.41 Å². The molecule has 2 aromatic heterocycles. The van der Waals surface area contributed by atoms with Crippen LogP contribution in [0.15, 0.2) is 66.9 Å². The third kappa shape index (κ3) is 4.68. The van der Waals surface area contributed by atoms with Gasteiger partial charge in [-0.15, -0.1) is 0 Å². The number of fused-ring (bicyclic) bond motifs is 1. The van der Waals surface area contributed by atoms with Gasteiger partial charge in [-0.25, -0.2) is 9.97 Å². The molecule has 4 rings (SSSR count). The number of aromatic nitrogens is 2. The molecular formula is C25H23N3O3S. The van der Waals surface area contributed by atoms with Crippen molar-refractivity contribution in [3.05, 3.63) is 72.4 Å². The number of esters is 1. The number of thiazole rings is 1. The summed E-state index contributed by atoms with van der Waals surface area (Å²) < 4.78 is 5.91. The molecule has 4 aromatic rings. The van der Waals surface area contributed by atoms with E-state index in [0.717, 1.165) is 26.5 Å². The molecule has 2 heterocycles. The van der Waals surface area contributed by atoms with E-state index in [2.05, 4.69) is 15.3 Å². The number of benzene rings is 2. The van der Waals surface area contributed by atoms with Crippen LogP contribution >= 0.6 is 11.3 Å². The van der Waals surface area contributed by atoms with Crippen LogP contribution in [0.4, 0.5) is 10.9 Å². The van der Waals surface area contributed by atoms with Gasteiger partial charge in [-0.05, 0) is 43.7 Å². The third-order valence-electron chi connectivity index (χ3n) is 5.17. The van der Waals surface area contributed by atoms with Crippen molar-refractivity contribution < 1.29 is 14.3 Å².